The molecule has 2 aromatic heterocycles. The van der Waals surface area contributed by atoms with Crippen LogP contribution in [0.15, 0.2) is 71.5 Å². The quantitative estimate of drug-likeness (QED) is 0.0968. The van der Waals surface area contributed by atoms with E-state index in [1.54, 1.807) is 43.7 Å². The molecule has 6 atom stereocenters. The number of thiophene rings is 1. The van der Waals surface area contributed by atoms with E-state index in [2.05, 4.69) is 15.5 Å². The molecule has 0 bridgehead atoms. The van der Waals surface area contributed by atoms with Crippen molar-refractivity contribution >= 4 is 75.5 Å². The van der Waals surface area contributed by atoms with Crippen LogP contribution in [0.25, 0.3) is 21.1 Å². The first-order valence-corrected chi connectivity index (χ1v) is 27.2. The van der Waals surface area contributed by atoms with Gasteiger partial charge in [0.1, 0.15) is 36.7 Å². The van der Waals surface area contributed by atoms with Gasteiger partial charge in [-0.05, 0) is 53.6 Å². The summed E-state index contributed by atoms with van der Waals surface area (Å²) < 4.78 is 57.3. The minimum absolute atomic E-state index is 0.0458. The van der Waals surface area contributed by atoms with Gasteiger partial charge in [0.05, 0.1) is 35.2 Å². The largest absolute Gasteiger partial charge is 0.370 e. The molecule has 3 aromatic carbocycles. The number of benzene rings is 3. The first-order valence-electron chi connectivity index (χ1n) is 24.7. The molecule has 5 aromatic rings. The minimum Gasteiger partial charge on any atom is -0.370 e. The third-order valence-corrected chi connectivity index (χ3v) is 16.5. The van der Waals surface area contributed by atoms with Gasteiger partial charge in [0.2, 0.25) is 35.4 Å². The fraction of sp³-hybridized carbons (Fsp3) is 0.471. The number of carbonyl (C=O) groups is 6. The average molecular weight is 1080 g/mol. The fourth-order valence-electron chi connectivity index (χ4n) is 10.4. The number of aryl methyl sites for hydroxylation is 1. The lowest BCUT2D eigenvalue weighted by Crippen LogP contribution is -2.60. The second kappa shape index (κ2) is 21.4. The number of fused-ring (bicyclic) bond motifs is 2. The zero-order valence-electron chi connectivity index (χ0n) is 41.8. The lowest BCUT2D eigenvalue weighted by atomic mass is 9.85. The molecule has 0 radical (unpaired) electrons. The maximum absolute atomic E-state index is 15.5. The molecule has 9 rings (SSSR count). The van der Waals surface area contributed by atoms with Crippen LogP contribution in [0.1, 0.15) is 84.5 Å². The van der Waals surface area contributed by atoms with Gasteiger partial charge in [-0.25, -0.2) is 13.6 Å². The fourth-order valence-corrected chi connectivity index (χ4v) is 11.9. The molecule has 4 saturated heterocycles. The number of nitrogens with zero attached hydrogens (tertiary/aromatic N) is 6. The van der Waals surface area contributed by atoms with Gasteiger partial charge in [-0.2, -0.15) is 0 Å². The number of piperazine rings is 1. The van der Waals surface area contributed by atoms with E-state index >= 15 is 4.39 Å². The lowest BCUT2D eigenvalue weighted by molar-refractivity contribution is -0.156. The Bertz CT molecular complexity index is 3170. The molecule has 0 aliphatic carbocycles. The molecule has 4 aliphatic heterocycles. The van der Waals surface area contributed by atoms with Gasteiger partial charge in [0.25, 0.3) is 5.91 Å². The number of alkyl halides is 1. The van der Waals surface area contributed by atoms with Gasteiger partial charge in [-0.15, -0.1) is 11.3 Å². The van der Waals surface area contributed by atoms with E-state index in [-0.39, 0.29) is 84.6 Å². The highest BCUT2D eigenvalue weighted by atomic mass is 32.1. The maximum Gasteiger partial charge on any atom is 0.364 e. The Morgan fingerprint density at radius 3 is 2.36 bits per heavy atom. The van der Waals surface area contributed by atoms with Gasteiger partial charge < -0.3 is 39.3 Å². The number of imide groups is 1. The summed E-state index contributed by atoms with van der Waals surface area (Å²) in [6.45, 7) is 7.82. The van der Waals surface area contributed by atoms with Crippen LogP contribution in [0.5, 0.6) is 0 Å². The molecule has 4 aliphatic rings. The van der Waals surface area contributed by atoms with E-state index in [0.29, 0.717) is 43.8 Å². The normalized spacial score (nSPS) is 21.9. The summed E-state index contributed by atoms with van der Waals surface area (Å²) in [4.78, 5) is 121. The average Bonchev–Trinajstić information content (AvgIpc) is 4.09. The summed E-state index contributed by atoms with van der Waals surface area (Å²) in [5.74, 6) is -7.11. The zero-order valence-corrected chi connectivity index (χ0v) is 43.5. The third kappa shape index (κ3) is 11.1. The van der Waals surface area contributed by atoms with Crippen molar-refractivity contribution in [1.82, 2.24) is 39.4 Å². The van der Waals surface area contributed by atoms with Crippen molar-refractivity contribution in [3.8, 4) is 0 Å². The van der Waals surface area contributed by atoms with Crippen LogP contribution in [-0.2, 0) is 51.6 Å². The van der Waals surface area contributed by atoms with Crippen molar-refractivity contribution < 1.29 is 61.4 Å². The van der Waals surface area contributed by atoms with E-state index in [4.69, 9.17) is 9.47 Å². The van der Waals surface area contributed by atoms with Crippen LogP contribution >= 0.6 is 18.9 Å². The number of ether oxygens (including phenoxy) is 2. The number of hydrogen-bond donors (Lipinski definition) is 4. The molecule has 6 heterocycles. The van der Waals surface area contributed by atoms with Crippen LogP contribution in [0, 0.1) is 11.2 Å². The van der Waals surface area contributed by atoms with Gasteiger partial charge >= 0.3 is 13.3 Å². The standard InChI is InChI=1S/C51H59F2N8O12PS/c1-51(2,3)44(55-47(65)39-25-32-38(75-39)14-11-31(42(32)52)45(53)74(69,70)71)49(67)60-17-16-36(43(60)48(66)59-22-23-72-37(27-59)30-8-6-5-7-9-30)73-28-41(63)58-20-18-57(19-21-58)26-29-10-12-33-35(24-29)56(4)50(68)61(33)34-13-15-40(62)54-46(34)64/h5-12,14,24-25,34,36-37,43-45H,13,15-23,26-28H2,1-4H3,(H,55,65)(H,54,62,64)(H2,69,70,71)/t34?,36-,37+,43+,44-,45?/m1/s1. The molecule has 2 unspecified atom stereocenters. The second-order valence-corrected chi connectivity index (χ2v) is 23.2. The molecule has 75 heavy (non-hydrogen) atoms. The van der Waals surface area contributed by atoms with Gasteiger partial charge in [-0.1, -0.05) is 63.2 Å². The third-order valence-electron chi connectivity index (χ3n) is 14.5. The lowest BCUT2D eigenvalue weighted by Gasteiger charge is -2.39. The second-order valence-electron chi connectivity index (χ2n) is 20.5. The molecular weight excluding hydrogens is 1020 g/mol. The van der Waals surface area contributed by atoms with Crippen LogP contribution in [0.4, 0.5) is 8.78 Å². The van der Waals surface area contributed by atoms with Crippen LogP contribution in [0.3, 0.4) is 0 Å². The number of nitrogens with one attached hydrogen (secondary N) is 2. The minimum atomic E-state index is -5.35. The zero-order chi connectivity index (χ0) is 53.7. The van der Waals surface area contributed by atoms with Gasteiger partial charge in [-0.3, -0.25) is 52.7 Å². The van der Waals surface area contributed by atoms with E-state index in [1.807, 2.05) is 42.5 Å². The SMILES string of the molecule is Cn1c(=O)n(C2CCC(=O)NC2=O)c2ccc(CN3CCN(C(=O)CO[C@@H]4CCN(C(=O)[C@@H](NC(=O)c5cc6c(F)c(C(F)P(=O)(O)O)ccc6s5)C(C)(C)C)[C@@H]4C(=O)N4CCO[C@H](c5ccccc5)C4)CC3)cc21. The monoisotopic (exact) mass is 1080 g/mol. The van der Waals surface area contributed by atoms with Gasteiger partial charge in [0.15, 0.2) is 0 Å². The Morgan fingerprint density at radius 1 is 0.933 bits per heavy atom. The van der Waals surface area contributed by atoms with E-state index in [1.165, 1.54) is 20.1 Å². The Morgan fingerprint density at radius 2 is 1.67 bits per heavy atom. The number of morpholine rings is 1. The number of halogens is 2. The number of rotatable bonds is 13. The first kappa shape index (κ1) is 53.6. The molecule has 0 saturated carbocycles. The topological polar surface area (TPSA) is 242 Å². The smallest absolute Gasteiger partial charge is 0.364 e. The summed E-state index contributed by atoms with van der Waals surface area (Å²) in [6.07, 6.45) is -0.809. The summed E-state index contributed by atoms with van der Waals surface area (Å²) in [5.41, 5.74) is 0.841. The van der Waals surface area contributed by atoms with Crippen molar-refractivity contribution in [1.29, 1.82) is 0 Å². The Balaban J connectivity index is 0.881. The number of carbonyl (C=O) groups excluding carboxylic acids is 6. The van der Waals surface area contributed by atoms with Crippen molar-refractivity contribution in [2.75, 3.05) is 59.0 Å². The summed E-state index contributed by atoms with van der Waals surface area (Å²) in [6, 6.07) is 15.1. The van der Waals surface area contributed by atoms with E-state index < -0.39 is 84.3 Å². The molecular formula is C51H59F2N8O12PS. The Hall–Kier alpha value is -6.20. The highest BCUT2D eigenvalue weighted by Crippen LogP contribution is 2.54. The van der Waals surface area contributed by atoms with Crippen molar-refractivity contribution in [3.05, 3.63) is 105 Å². The molecule has 400 valence electrons. The Kier molecular flexibility index (Phi) is 15.3. The van der Waals surface area contributed by atoms with Crippen LogP contribution in [0.2, 0.25) is 0 Å². The number of imidazole rings is 1. The molecule has 20 nitrogen and oxygen atoms in total. The molecule has 4 N–H and O–H groups in total. The number of piperidine rings is 1. The molecule has 0 spiro atoms. The first-order chi connectivity index (χ1) is 35.6. The predicted molar refractivity (Wildman–Crippen MR) is 270 cm³/mol. The molecule has 4 fully saturated rings. The highest BCUT2D eigenvalue weighted by molar-refractivity contribution is 7.51. The van der Waals surface area contributed by atoms with Gasteiger partial charge in [0, 0.05) is 74.9 Å². The Labute approximate surface area is 433 Å². The maximum atomic E-state index is 15.5. The number of amides is 6. The van der Waals surface area contributed by atoms with Crippen LogP contribution in [-0.4, -0.2) is 151 Å². The van der Waals surface area contributed by atoms with Crippen molar-refractivity contribution in [2.45, 2.75) is 82.8 Å². The van der Waals surface area contributed by atoms with E-state index in [9.17, 15) is 52.3 Å². The summed E-state index contributed by atoms with van der Waals surface area (Å²) in [5, 5.41) is 4.88. The van der Waals surface area contributed by atoms with Crippen LogP contribution < -0.4 is 16.3 Å². The highest BCUT2D eigenvalue weighted by Gasteiger charge is 2.49. The number of aromatic nitrogens is 2. The predicted octanol–water partition coefficient (Wildman–Crippen LogP) is 3.89. The van der Waals surface area contributed by atoms with E-state index in [0.717, 1.165) is 34.6 Å². The summed E-state index contributed by atoms with van der Waals surface area (Å²) >= 11 is 0.841. The van der Waals surface area contributed by atoms with Crippen molar-refractivity contribution in [3.63, 3.8) is 0 Å². The number of hydrogen-bond acceptors (Lipinski definition) is 12. The number of likely N-dealkylation sites (tertiary alicyclic amines) is 1. The molecule has 24 heteroatoms. The van der Waals surface area contributed by atoms with Crippen molar-refractivity contribution in [2.24, 2.45) is 12.5 Å². The summed E-state index contributed by atoms with van der Waals surface area (Å²) in [7, 11) is -3.71. The molecule has 6 amide bonds.